The van der Waals surface area contributed by atoms with E-state index >= 15 is 0 Å². The maximum Gasteiger partial charge on any atom is 0.139 e. The van der Waals surface area contributed by atoms with Crippen molar-refractivity contribution in [3.8, 4) is 0 Å². The molecule has 1 N–H and O–H groups in total. The Hall–Kier alpha value is -1.06. The Morgan fingerprint density at radius 1 is 1.19 bits per heavy atom. The van der Waals surface area contributed by atoms with Crippen molar-refractivity contribution >= 4 is 15.9 Å². The van der Waals surface area contributed by atoms with Crippen LogP contribution in [-0.2, 0) is 0 Å². The van der Waals surface area contributed by atoms with Gasteiger partial charge in [0.2, 0.25) is 0 Å². The zero-order chi connectivity index (χ0) is 11.5. The molecule has 0 aliphatic rings. The van der Waals surface area contributed by atoms with E-state index in [1.165, 1.54) is 11.1 Å². The molecule has 1 unspecified atom stereocenters. The molecule has 0 amide bonds. The van der Waals surface area contributed by atoms with Crippen LogP contribution >= 0.6 is 15.9 Å². The van der Waals surface area contributed by atoms with Gasteiger partial charge in [-0.3, -0.25) is 0 Å². The standard InChI is InChI=1S/C13H14BrNO/c1-9-3-5-10(6-4-9)12(15-2)13-11(14)7-8-16-13/h3-8,12,15H,1-2H3. The molecule has 0 saturated heterocycles. The van der Waals surface area contributed by atoms with Gasteiger partial charge in [0.05, 0.1) is 16.8 Å². The average molecular weight is 280 g/mol. The van der Waals surface area contributed by atoms with E-state index in [-0.39, 0.29) is 6.04 Å². The van der Waals surface area contributed by atoms with E-state index in [1.807, 2.05) is 13.1 Å². The largest absolute Gasteiger partial charge is 0.466 e. The van der Waals surface area contributed by atoms with Crippen molar-refractivity contribution in [2.75, 3.05) is 7.05 Å². The predicted octanol–water partition coefficient (Wildman–Crippen LogP) is 3.66. The molecule has 0 saturated carbocycles. The number of nitrogens with one attached hydrogen (secondary N) is 1. The summed E-state index contributed by atoms with van der Waals surface area (Å²) >= 11 is 3.49. The van der Waals surface area contributed by atoms with Gasteiger partial charge in [-0.2, -0.15) is 0 Å². The molecule has 84 valence electrons. The van der Waals surface area contributed by atoms with Crippen molar-refractivity contribution in [1.29, 1.82) is 0 Å². The van der Waals surface area contributed by atoms with Crippen LogP contribution in [-0.4, -0.2) is 7.05 Å². The van der Waals surface area contributed by atoms with Crippen LogP contribution in [0.3, 0.4) is 0 Å². The SMILES string of the molecule is CNC(c1ccc(C)cc1)c1occc1Br. The first-order valence-corrected chi connectivity index (χ1v) is 5.98. The molecule has 1 atom stereocenters. The summed E-state index contributed by atoms with van der Waals surface area (Å²) in [5.41, 5.74) is 2.46. The lowest BCUT2D eigenvalue weighted by molar-refractivity contribution is 0.461. The molecule has 0 spiro atoms. The second-order valence-electron chi connectivity index (χ2n) is 3.77. The van der Waals surface area contributed by atoms with Crippen LogP contribution in [0.4, 0.5) is 0 Å². The number of benzene rings is 1. The summed E-state index contributed by atoms with van der Waals surface area (Å²) in [6.45, 7) is 2.08. The summed E-state index contributed by atoms with van der Waals surface area (Å²) in [6, 6.07) is 10.4. The highest BCUT2D eigenvalue weighted by molar-refractivity contribution is 9.10. The van der Waals surface area contributed by atoms with Gasteiger partial charge in [0.25, 0.3) is 0 Å². The number of hydrogen-bond acceptors (Lipinski definition) is 2. The Labute approximate surface area is 104 Å². The first-order chi connectivity index (χ1) is 7.72. The van der Waals surface area contributed by atoms with Gasteiger partial charge in [-0.25, -0.2) is 0 Å². The molecule has 0 fully saturated rings. The molecule has 0 aliphatic carbocycles. The van der Waals surface area contributed by atoms with E-state index in [0.717, 1.165) is 10.2 Å². The van der Waals surface area contributed by atoms with Gasteiger partial charge in [-0.15, -0.1) is 0 Å². The van der Waals surface area contributed by atoms with Crippen molar-refractivity contribution < 1.29 is 4.42 Å². The molecule has 1 aromatic carbocycles. The Balaban J connectivity index is 2.37. The highest BCUT2D eigenvalue weighted by Crippen LogP contribution is 2.29. The topological polar surface area (TPSA) is 25.2 Å². The molecule has 2 nitrogen and oxygen atoms in total. The number of halogens is 1. The van der Waals surface area contributed by atoms with Crippen molar-refractivity contribution in [3.05, 3.63) is 58.0 Å². The fourth-order valence-corrected chi connectivity index (χ4v) is 2.15. The molecular formula is C13H14BrNO. The number of hydrogen-bond donors (Lipinski definition) is 1. The zero-order valence-electron chi connectivity index (χ0n) is 9.33. The first-order valence-electron chi connectivity index (χ1n) is 5.19. The van der Waals surface area contributed by atoms with Crippen molar-refractivity contribution in [2.45, 2.75) is 13.0 Å². The summed E-state index contributed by atoms with van der Waals surface area (Å²) in [5, 5.41) is 3.26. The predicted molar refractivity (Wildman–Crippen MR) is 68.5 cm³/mol. The molecule has 2 rings (SSSR count). The molecule has 0 radical (unpaired) electrons. The monoisotopic (exact) mass is 279 g/mol. The number of aryl methyl sites for hydroxylation is 1. The minimum atomic E-state index is 0.0879. The van der Waals surface area contributed by atoms with Crippen LogP contribution in [0, 0.1) is 6.92 Å². The van der Waals surface area contributed by atoms with E-state index in [1.54, 1.807) is 6.26 Å². The van der Waals surface area contributed by atoms with Gasteiger partial charge in [0.1, 0.15) is 5.76 Å². The molecule has 0 bridgehead atoms. The van der Waals surface area contributed by atoms with Crippen LogP contribution in [0.25, 0.3) is 0 Å². The Morgan fingerprint density at radius 2 is 1.88 bits per heavy atom. The number of furan rings is 1. The van der Waals surface area contributed by atoms with Crippen LogP contribution in [0.2, 0.25) is 0 Å². The molecule has 1 heterocycles. The molecule has 16 heavy (non-hydrogen) atoms. The zero-order valence-corrected chi connectivity index (χ0v) is 10.9. The van der Waals surface area contributed by atoms with Gasteiger partial charge < -0.3 is 9.73 Å². The van der Waals surface area contributed by atoms with Crippen LogP contribution in [0.5, 0.6) is 0 Å². The van der Waals surface area contributed by atoms with E-state index in [2.05, 4.69) is 52.4 Å². The summed E-state index contributed by atoms with van der Waals surface area (Å²) in [5.74, 6) is 0.909. The van der Waals surface area contributed by atoms with Gasteiger partial charge in [-0.05, 0) is 41.5 Å². The average Bonchev–Trinajstić information content (AvgIpc) is 2.69. The van der Waals surface area contributed by atoms with E-state index in [4.69, 9.17) is 4.42 Å². The van der Waals surface area contributed by atoms with Crippen molar-refractivity contribution in [1.82, 2.24) is 5.32 Å². The van der Waals surface area contributed by atoms with E-state index in [0.29, 0.717) is 0 Å². The second-order valence-corrected chi connectivity index (χ2v) is 4.62. The summed E-state index contributed by atoms with van der Waals surface area (Å²) in [6.07, 6.45) is 1.69. The van der Waals surface area contributed by atoms with Gasteiger partial charge >= 0.3 is 0 Å². The highest BCUT2D eigenvalue weighted by Gasteiger charge is 2.17. The fourth-order valence-electron chi connectivity index (χ4n) is 1.72. The van der Waals surface area contributed by atoms with Crippen LogP contribution in [0.15, 0.2) is 45.5 Å². The Bertz CT molecular complexity index is 461. The maximum atomic E-state index is 5.49. The summed E-state index contributed by atoms with van der Waals surface area (Å²) in [7, 11) is 1.93. The summed E-state index contributed by atoms with van der Waals surface area (Å²) in [4.78, 5) is 0. The molecular weight excluding hydrogens is 266 g/mol. The van der Waals surface area contributed by atoms with Crippen molar-refractivity contribution in [2.24, 2.45) is 0 Å². The smallest absolute Gasteiger partial charge is 0.139 e. The minimum absolute atomic E-state index is 0.0879. The lowest BCUT2D eigenvalue weighted by Crippen LogP contribution is -2.17. The Morgan fingerprint density at radius 3 is 2.38 bits per heavy atom. The number of rotatable bonds is 3. The normalized spacial score (nSPS) is 12.7. The van der Waals surface area contributed by atoms with Crippen LogP contribution in [0.1, 0.15) is 22.9 Å². The van der Waals surface area contributed by atoms with E-state index < -0.39 is 0 Å². The molecule has 3 heteroatoms. The quantitative estimate of drug-likeness (QED) is 0.928. The van der Waals surface area contributed by atoms with Crippen LogP contribution < -0.4 is 5.32 Å². The Kier molecular flexibility index (Phi) is 3.46. The third kappa shape index (κ3) is 2.20. The van der Waals surface area contributed by atoms with Gasteiger partial charge in [0, 0.05) is 0 Å². The first kappa shape index (κ1) is 11.4. The third-order valence-corrected chi connectivity index (χ3v) is 3.26. The molecule has 0 aliphatic heterocycles. The minimum Gasteiger partial charge on any atom is -0.466 e. The highest BCUT2D eigenvalue weighted by atomic mass is 79.9. The lowest BCUT2D eigenvalue weighted by Gasteiger charge is -2.15. The van der Waals surface area contributed by atoms with Gasteiger partial charge in [0.15, 0.2) is 0 Å². The fraction of sp³-hybridized carbons (Fsp3) is 0.231. The van der Waals surface area contributed by atoms with E-state index in [9.17, 15) is 0 Å². The maximum absolute atomic E-state index is 5.49. The molecule has 2 aromatic rings. The second kappa shape index (κ2) is 4.85. The molecule has 1 aromatic heterocycles. The third-order valence-electron chi connectivity index (χ3n) is 2.61. The van der Waals surface area contributed by atoms with Crippen molar-refractivity contribution in [3.63, 3.8) is 0 Å². The lowest BCUT2D eigenvalue weighted by atomic mass is 10.0. The van der Waals surface area contributed by atoms with Gasteiger partial charge in [-0.1, -0.05) is 29.8 Å². The summed E-state index contributed by atoms with van der Waals surface area (Å²) < 4.78 is 6.49.